The number of aromatic nitrogens is 1. The predicted molar refractivity (Wildman–Crippen MR) is 100 cm³/mol. The first-order valence-corrected chi connectivity index (χ1v) is 10.0. The fourth-order valence-electron chi connectivity index (χ4n) is 2.15. The maximum absolute atomic E-state index is 6.07. The third-order valence-corrected chi connectivity index (χ3v) is 7.31. The predicted octanol–water partition coefficient (Wildman–Crippen LogP) is 4.31. The van der Waals surface area contributed by atoms with Crippen molar-refractivity contribution in [1.29, 1.82) is 0 Å². The van der Waals surface area contributed by atoms with E-state index in [-0.39, 0.29) is 6.04 Å². The van der Waals surface area contributed by atoms with Crippen LogP contribution in [0.2, 0.25) is 0 Å². The Morgan fingerprint density at radius 3 is 3.09 bits per heavy atom. The quantitative estimate of drug-likeness (QED) is 0.600. The standard InChI is InChI=1S/C14H16BrN3OS3/c1-19-7-8(16)5-10-11(15)12-13(21-10)14(22-18-12)17-6-9-3-2-4-20-9/h2-4,8,17H,5-7,16H2,1H3/t8-/m1/s1. The molecule has 118 valence electrons. The van der Waals surface area contributed by atoms with Crippen LogP contribution >= 0.6 is 50.1 Å². The second kappa shape index (κ2) is 7.37. The fraction of sp³-hybridized carbons (Fsp3) is 0.357. The number of ether oxygens (including phenoxy) is 1. The first-order chi connectivity index (χ1) is 10.7. The summed E-state index contributed by atoms with van der Waals surface area (Å²) in [6, 6.07) is 4.21. The topological polar surface area (TPSA) is 60.2 Å². The summed E-state index contributed by atoms with van der Waals surface area (Å²) in [7, 11) is 1.68. The average Bonchev–Trinajstić information content (AvgIpc) is 3.18. The number of thiophene rings is 2. The van der Waals surface area contributed by atoms with Gasteiger partial charge < -0.3 is 15.8 Å². The van der Waals surface area contributed by atoms with Gasteiger partial charge in [-0.2, -0.15) is 4.37 Å². The molecule has 3 rings (SSSR count). The Morgan fingerprint density at radius 1 is 1.50 bits per heavy atom. The Labute approximate surface area is 149 Å². The largest absolute Gasteiger partial charge is 0.383 e. The lowest BCUT2D eigenvalue weighted by molar-refractivity contribution is 0.180. The van der Waals surface area contributed by atoms with Gasteiger partial charge in [-0.15, -0.1) is 22.7 Å². The molecule has 0 aliphatic rings. The van der Waals surface area contributed by atoms with Crippen molar-refractivity contribution in [3.05, 3.63) is 31.7 Å². The van der Waals surface area contributed by atoms with Crippen LogP contribution in [-0.4, -0.2) is 24.1 Å². The van der Waals surface area contributed by atoms with E-state index in [1.165, 1.54) is 26.0 Å². The molecule has 3 N–H and O–H groups in total. The highest BCUT2D eigenvalue weighted by Gasteiger charge is 2.18. The molecule has 0 bridgehead atoms. The molecule has 0 saturated heterocycles. The van der Waals surface area contributed by atoms with E-state index in [1.807, 2.05) is 0 Å². The molecule has 0 radical (unpaired) electrons. The average molecular weight is 418 g/mol. The highest BCUT2D eigenvalue weighted by atomic mass is 79.9. The van der Waals surface area contributed by atoms with Gasteiger partial charge in [-0.3, -0.25) is 0 Å². The van der Waals surface area contributed by atoms with Crippen molar-refractivity contribution < 1.29 is 4.74 Å². The van der Waals surface area contributed by atoms with Crippen molar-refractivity contribution in [3.8, 4) is 0 Å². The van der Waals surface area contributed by atoms with E-state index in [9.17, 15) is 0 Å². The van der Waals surface area contributed by atoms with Gasteiger partial charge in [-0.05, 0) is 38.9 Å². The van der Waals surface area contributed by atoms with Gasteiger partial charge in [-0.25, -0.2) is 0 Å². The van der Waals surface area contributed by atoms with Gasteiger partial charge in [0.05, 0.1) is 22.3 Å². The summed E-state index contributed by atoms with van der Waals surface area (Å²) in [5.74, 6) is 0. The first kappa shape index (κ1) is 16.4. The molecule has 0 spiro atoms. The molecule has 4 nitrogen and oxygen atoms in total. The van der Waals surface area contributed by atoms with E-state index in [0.717, 1.165) is 28.0 Å². The minimum absolute atomic E-state index is 0.00950. The fourth-order valence-corrected chi connectivity index (χ4v) is 5.85. The van der Waals surface area contributed by atoms with Crippen LogP contribution in [0.15, 0.2) is 22.0 Å². The van der Waals surface area contributed by atoms with Gasteiger partial charge >= 0.3 is 0 Å². The molecule has 0 saturated carbocycles. The van der Waals surface area contributed by atoms with Gasteiger partial charge in [0, 0.05) is 29.3 Å². The van der Waals surface area contributed by atoms with Gasteiger partial charge in [0.25, 0.3) is 0 Å². The first-order valence-electron chi connectivity index (χ1n) is 6.76. The van der Waals surface area contributed by atoms with Crippen LogP contribution in [-0.2, 0) is 17.7 Å². The van der Waals surface area contributed by atoms with E-state index in [1.54, 1.807) is 29.8 Å². The van der Waals surface area contributed by atoms with Crippen LogP contribution in [0, 0.1) is 0 Å². The van der Waals surface area contributed by atoms with E-state index in [4.69, 9.17) is 10.5 Å². The summed E-state index contributed by atoms with van der Waals surface area (Å²) in [6.07, 6.45) is 0.796. The minimum Gasteiger partial charge on any atom is -0.383 e. The van der Waals surface area contributed by atoms with Crippen LogP contribution in [0.1, 0.15) is 9.75 Å². The lowest BCUT2D eigenvalue weighted by Gasteiger charge is -2.08. The van der Waals surface area contributed by atoms with Crippen LogP contribution < -0.4 is 11.1 Å². The van der Waals surface area contributed by atoms with Crippen LogP contribution in [0.4, 0.5) is 5.00 Å². The number of hydrogen-bond donors (Lipinski definition) is 2. The molecule has 0 fully saturated rings. The zero-order valence-electron chi connectivity index (χ0n) is 12.0. The number of methoxy groups -OCH3 is 1. The summed E-state index contributed by atoms with van der Waals surface area (Å²) in [6.45, 7) is 1.40. The maximum Gasteiger partial charge on any atom is 0.127 e. The molecule has 0 aliphatic carbocycles. The van der Waals surface area contributed by atoms with E-state index in [2.05, 4.69) is 43.1 Å². The zero-order chi connectivity index (χ0) is 15.5. The van der Waals surface area contributed by atoms with Crippen molar-refractivity contribution in [2.45, 2.75) is 19.0 Å². The van der Waals surface area contributed by atoms with E-state index < -0.39 is 0 Å². The Balaban J connectivity index is 1.78. The molecular weight excluding hydrogens is 402 g/mol. The summed E-state index contributed by atoms with van der Waals surface area (Å²) in [4.78, 5) is 2.55. The van der Waals surface area contributed by atoms with E-state index >= 15 is 0 Å². The highest BCUT2D eigenvalue weighted by molar-refractivity contribution is 9.10. The Kier molecular flexibility index (Phi) is 5.48. The highest BCUT2D eigenvalue weighted by Crippen LogP contribution is 2.42. The molecule has 0 aliphatic heterocycles. The Morgan fingerprint density at radius 2 is 2.36 bits per heavy atom. The third-order valence-electron chi connectivity index (χ3n) is 3.16. The smallest absolute Gasteiger partial charge is 0.127 e. The maximum atomic E-state index is 6.07. The number of halogens is 1. The van der Waals surface area contributed by atoms with Gasteiger partial charge in [0.1, 0.15) is 10.5 Å². The van der Waals surface area contributed by atoms with Crippen molar-refractivity contribution in [1.82, 2.24) is 4.37 Å². The number of rotatable bonds is 7. The number of nitrogens with zero attached hydrogens (tertiary/aromatic N) is 1. The molecule has 3 aromatic rings. The molecule has 0 aromatic carbocycles. The second-order valence-corrected chi connectivity index (χ2v) is 8.58. The third kappa shape index (κ3) is 3.52. The van der Waals surface area contributed by atoms with Crippen LogP contribution in [0.5, 0.6) is 0 Å². The summed E-state index contributed by atoms with van der Waals surface area (Å²) in [5, 5.41) is 6.71. The normalized spacial score (nSPS) is 12.9. The zero-order valence-corrected chi connectivity index (χ0v) is 16.0. The number of hydrogen-bond acceptors (Lipinski definition) is 7. The summed E-state index contributed by atoms with van der Waals surface area (Å²) < 4.78 is 12.0. The lowest BCUT2D eigenvalue weighted by Crippen LogP contribution is -2.27. The second-order valence-electron chi connectivity index (χ2n) is 4.88. The SMILES string of the molecule is COC[C@H](N)Cc1sc2c(NCc3cccs3)snc2c1Br. The van der Waals surface area contributed by atoms with Crippen LogP contribution in [0.3, 0.4) is 0 Å². The Hall–Kier alpha value is -0.510. The molecule has 3 heterocycles. The number of nitrogens with one attached hydrogen (secondary N) is 1. The Bertz CT molecular complexity index is 738. The number of fused-ring (bicyclic) bond motifs is 1. The molecule has 1 atom stereocenters. The van der Waals surface area contributed by atoms with Crippen molar-refractivity contribution >= 4 is 65.4 Å². The molecule has 3 aromatic heterocycles. The summed E-state index contributed by atoms with van der Waals surface area (Å²) in [5.41, 5.74) is 7.10. The molecule has 22 heavy (non-hydrogen) atoms. The van der Waals surface area contributed by atoms with Crippen molar-refractivity contribution in [2.75, 3.05) is 19.0 Å². The van der Waals surface area contributed by atoms with Gasteiger partial charge in [0.15, 0.2) is 0 Å². The van der Waals surface area contributed by atoms with E-state index in [0.29, 0.717) is 6.61 Å². The molecule has 8 heteroatoms. The van der Waals surface area contributed by atoms with Gasteiger partial charge in [-0.1, -0.05) is 6.07 Å². The summed E-state index contributed by atoms with van der Waals surface area (Å²) >= 11 is 8.69. The van der Waals surface area contributed by atoms with Crippen molar-refractivity contribution in [3.63, 3.8) is 0 Å². The monoisotopic (exact) mass is 417 g/mol. The number of nitrogens with two attached hydrogens (primary N) is 1. The van der Waals surface area contributed by atoms with Crippen LogP contribution in [0.25, 0.3) is 10.2 Å². The molecular formula is C14H16BrN3OS3. The van der Waals surface area contributed by atoms with Crippen molar-refractivity contribution in [2.24, 2.45) is 5.73 Å². The molecule has 0 unspecified atom stereocenters. The lowest BCUT2D eigenvalue weighted by atomic mass is 10.2. The molecule has 0 amide bonds. The van der Waals surface area contributed by atoms with Gasteiger partial charge in [0.2, 0.25) is 0 Å². The number of anilines is 1. The minimum atomic E-state index is 0.00950.